The molecule has 0 aliphatic carbocycles. The van der Waals surface area contributed by atoms with Crippen LogP contribution < -0.4 is 5.32 Å². The molecule has 0 fully saturated rings. The Balaban J connectivity index is 2.97. The van der Waals surface area contributed by atoms with Crippen molar-refractivity contribution in [3.63, 3.8) is 0 Å². The number of carbonyl (C=O) groups is 1. The smallest absolute Gasteiger partial charge is 0.331 e. The second-order valence-corrected chi connectivity index (χ2v) is 6.11. The molecule has 0 saturated heterocycles. The SMILES string of the molecule is CCOC(=O)C(C)(CC(C)C)Nc1ccccc1Br. The molecule has 0 aromatic heterocycles. The van der Waals surface area contributed by atoms with E-state index < -0.39 is 5.54 Å². The topological polar surface area (TPSA) is 38.3 Å². The van der Waals surface area contributed by atoms with Crippen LogP contribution in [-0.2, 0) is 9.53 Å². The number of hydrogen-bond donors (Lipinski definition) is 1. The number of benzene rings is 1. The maximum Gasteiger partial charge on any atom is 0.331 e. The number of nitrogens with one attached hydrogen (secondary N) is 1. The van der Waals surface area contributed by atoms with Crippen molar-refractivity contribution in [3.05, 3.63) is 28.7 Å². The minimum absolute atomic E-state index is 0.209. The zero-order chi connectivity index (χ0) is 14.5. The first-order valence-electron chi connectivity index (χ1n) is 6.59. The van der Waals surface area contributed by atoms with E-state index in [4.69, 9.17) is 4.74 Å². The summed E-state index contributed by atoms with van der Waals surface area (Å²) < 4.78 is 6.14. The average Bonchev–Trinajstić information content (AvgIpc) is 2.31. The number of anilines is 1. The molecule has 0 saturated carbocycles. The largest absolute Gasteiger partial charge is 0.464 e. The molecule has 4 heteroatoms. The van der Waals surface area contributed by atoms with Crippen molar-refractivity contribution in [2.75, 3.05) is 11.9 Å². The van der Waals surface area contributed by atoms with Crippen molar-refractivity contribution >= 4 is 27.6 Å². The molecule has 1 aromatic carbocycles. The molecule has 1 atom stereocenters. The lowest BCUT2D eigenvalue weighted by Gasteiger charge is -2.31. The quantitative estimate of drug-likeness (QED) is 0.794. The minimum atomic E-state index is -0.714. The molecule has 19 heavy (non-hydrogen) atoms. The van der Waals surface area contributed by atoms with E-state index in [2.05, 4.69) is 35.1 Å². The van der Waals surface area contributed by atoms with Crippen LogP contribution in [0.15, 0.2) is 28.7 Å². The van der Waals surface area contributed by atoms with E-state index in [-0.39, 0.29) is 5.97 Å². The van der Waals surface area contributed by atoms with Crippen molar-refractivity contribution in [2.24, 2.45) is 5.92 Å². The Kier molecular flexibility index (Phi) is 5.85. The number of carbonyl (C=O) groups excluding carboxylic acids is 1. The summed E-state index contributed by atoms with van der Waals surface area (Å²) in [5.74, 6) is 0.184. The van der Waals surface area contributed by atoms with Crippen molar-refractivity contribution in [1.82, 2.24) is 0 Å². The molecule has 0 aliphatic heterocycles. The van der Waals surface area contributed by atoms with Crippen LogP contribution in [0.25, 0.3) is 0 Å². The van der Waals surface area contributed by atoms with E-state index in [0.29, 0.717) is 18.9 Å². The van der Waals surface area contributed by atoms with E-state index in [1.54, 1.807) is 0 Å². The summed E-state index contributed by atoms with van der Waals surface area (Å²) in [7, 11) is 0. The lowest BCUT2D eigenvalue weighted by molar-refractivity contribution is -0.148. The number of rotatable bonds is 6. The lowest BCUT2D eigenvalue weighted by Crippen LogP contribution is -2.46. The van der Waals surface area contributed by atoms with Crippen molar-refractivity contribution < 1.29 is 9.53 Å². The van der Waals surface area contributed by atoms with Gasteiger partial charge in [-0.05, 0) is 54.2 Å². The van der Waals surface area contributed by atoms with Gasteiger partial charge >= 0.3 is 5.97 Å². The molecule has 0 amide bonds. The molecule has 1 N–H and O–H groups in total. The van der Waals surface area contributed by atoms with Crippen LogP contribution in [0.1, 0.15) is 34.1 Å². The normalized spacial score (nSPS) is 14.0. The Bertz CT molecular complexity index is 434. The van der Waals surface area contributed by atoms with Gasteiger partial charge in [0.25, 0.3) is 0 Å². The second-order valence-electron chi connectivity index (χ2n) is 5.26. The Morgan fingerprint density at radius 2 is 2.05 bits per heavy atom. The van der Waals surface area contributed by atoms with E-state index in [9.17, 15) is 4.79 Å². The minimum Gasteiger partial charge on any atom is -0.464 e. The molecule has 0 heterocycles. The van der Waals surface area contributed by atoms with Gasteiger partial charge in [-0.25, -0.2) is 4.79 Å². The van der Waals surface area contributed by atoms with Gasteiger partial charge in [0.15, 0.2) is 0 Å². The summed E-state index contributed by atoms with van der Waals surface area (Å²) >= 11 is 3.49. The van der Waals surface area contributed by atoms with Gasteiger partial charge in [0.1, 0.15) is 5.54 Å². The summed E-state index contributed by atoms with van der Waals surface area (Å²) in [6.45, 7) is 8.30. The standard InChI is InChI=1S/C15H22BrNO2/c1-5-19-14(18)15(4,10-11(2)3)17-13-9-7-6-8-12(13)16/h6-9,11,17H,5,10H2,1-4H3. The highest BCUT2D eigenvalue weighted by Gasteiger charge is 2.35. The van der Waals surface area contributed by atoms with E-state index in [0.717, 1.165) is 10.2 Å². The van der Waals surface area contributed by atoms with Crippen LogP contribution in [0.4, 0.5) is 5.69 Å². The van der Waals surface area contributed by atoms with Crippen LogP contribution in [0, 0.1) is 5.92 Å². The molecule has 1 rings (SSSR count). The molecule has 0 bridgehead atoms. The highest BCUT2D eigenvalue weighted by Crippen LogP contribution is 2.29. The third-order valence-electron chi connectivity index (χ3n) is 2.83. The zero-order valence-electron chi connectivity index (χ0n) is 12.0. The van der Waals surface area contributed by atoms with Gasteiger partial charge in [-0.1, -0.05) is 26.0 Å². The lowest BCUT2D eigenvalue weighted by atomic mass is 9.90. The second kappa shape index (κ2) is 6.94. The third-order valence-corrected chi connectivity index (χ3v) is 3.52. The molecular weight excluding hydrogens is 306 g/mol. The Morgan fingerprint density at radius 3 is 2.58 bits per heavy atom. The van der Waals surface area contributed by atoms with Gasteiger partial charge in [0, 0.05) is 10.2 Å². The van der Waals surface area contributed by atoms with Crippen LogP contribution in [-0.4, -0.2) is 18.1 Å². The fourth-order valence-electron chi connectivity index (χ4n) is 2.15. The molecular formula is C15H22BrNO2. The van der Waals surface area contributed by atoms with Crippen LogP contribution in [0.3, 0.4) is 0 Å². The summed E-state index contributed by atoms with van der Waals surface area (Å²) in [5.41, 5.74) is 0.187. The van der Waals surface area contributed by atoms with E-state index >= 15 is 0 Å². The molecule has 0 radical (unpaired) electrons. The van der Waals surface area contributed by atoms with Gasteiger partial charge in [-0.3, -0.25) is 0 Å². The van der Waals surface area contributed by atoms with Gasteiger partial charge in [-0.15, -0.1) is 0 Å². The Morgan fingerprint density at radius 1 is 1.42 bits per heavy atom. The number of halogens is 1. The van der Waals surface area contributed by atoms with Gasteiger partial charge in [0.2, 0.25) is 0 Å². The highest BCUT2D eigenvalue weighted by atomic mass is 79.9. The number of hydrogen-bond acceptors (Lipinski definition) is 3. The third kappa shape index (κ3) is 4.53. The van der Waals surface area contributed by atoms with Crippen LogP contribution >= 0.6 is 15.9 Å². The first-order valence-corrected chi connectivity index (χ1v) is 7.38. The fourth-order valence-corrected chi connectivity index (χ4v) is 2.54. The van der Waals surface area contributed by atoms with Crippen molar-refractivity contribution in [1.29, 1.82) is 0 Å². The average molecular weight is 328 g/mol. The van der Waals surface area contributed by atoms with Crippen LogP contribution in [0.5, 0.6) is 0 Å². The zero-order valence-corrected chi connectivity index (χ0v) is 13.6. The maximum absolute atomic E-state index is 12.2. The number of para-hydroxylation sites is 1. The molecule has 3 nitrogen and oxygen atoms in total. The molecule has 0 aliphatic rings. The summed E-state index contributed by atoms with van der Waals surface area (Å²) in [6.07, 6.45) is 0.715. The van der Waals surface area contributed by atoms with Gasteiger partial charge in [0.05, 0.1) is 6.61 Å². The summed E-state index contributed by atoms with van der Waals surface area (Å²) in [4.78, 5) is 12.2. The predicted octanol–water partition coefficient (Wildman–Crippen LogP) is 4.23. The molecule has 0 spiro atoms. The Hall–Kier alpha value is -1.03. The first kappa shape index (κ1) is 16.0. The van der Waals surface area contributed by atoms with Gasteiger partial charge in [-0.2, -0.15) is 0 Å². The van der Waals surface area contributed by atoms with E-state index in [1.165, 1.54) is 0 Å². The predicted molar refractivity (Wildman–Crippen MR) is 82.3 cm³/mol. The van der Waals surface area contributed by atoms with Crippen LogP contribution in [0.2, 0.25) is 0 Å². The number of ether oxygens (including phenoxy) is 1. The van der Waals surface area contributed by atoms with Gasteiger partial charge < -0.3 is 10.1 Å². The summed E-state index contributed by atoms with van der Waals surface area (Å²) in [6, 6.07) is 7.78. The Labute approximate surface area is 123 Å². The fraction of sp³-hybridized carbons (Fsp3) is 0.533. The molecule has 1 unspecified atom stereocenters. The number of esters is 1. The van der Waals surface area contributed by atoms with Crippen molar-refractivity contribution in [2.45, 2.75) is 39.7 Å². The van der Waals surface area contributed by atoms with E-state index in [1.807, 2.05) is 38.1 Å². The highest BCUT2D eigenvalue weighted by molar-refractivity contribution is 9.10. The monoisotopic (exact) mass is 327 g/mol. The maximum atomic E-state index is 12.2. The van der Waals surface area contributed by atoms with Crippen molar-refractivity contribution in [3.8, 4) is 0 Å². The first-order chi connectivity index (χ1) is 8.89. The summed E-state index contributed by atoms with van der Waals surface area (Å²) in [5, 5.41) is 3.32. The molecule has 106 valence electrons. The molecule has 1 aromatic rings.